The molecule has 0 atom stereocenters. The molecule has 4 aliphatic carbocycles. The molecule has 4 aliphatic rings. The van der Waals surface area contributed by atoms with Crippen molar-refractivity contribution < 1.29 is 26.5 Å². The van der Waals surface area contributed by atoms with Crippen LogP contribution in [0, 0.1) is 48.5 Å². The van der Waals surface area contributed by atoms with Crippen molar-refractivity contribution in [3.05, 3.63) is 358 Å². The molecule has 642 valence electrons. The predicted molar refractivity (Wildman–Crippen MR) is 539 cm³/mol. The number of benzene rings is 12. The van der Waals surface area contributed by atoms with Gasteiger partial charge in [-0.15, -0.1) is 0 Å². The first kappa shape index (κ1) is 79.9. The summed E-state index contributed by atoms with van der Waals surface area (Å²) in [5, 5.41) is 8.13. The summed E-state index contributed by atoms with van der Waals surface area (Å²) in [4.78, 5) is 0. The highest BCUT2D eigenvalue weighted by Gasteiger charge is 2.33. The fourth-order valence-electron chi connectivity index (χ4n) is 21.3. The van der Waals surface area contributed by atoms with Crippen molar-refractivity contribution in [3.8, 4) is 89.5 Å². The van der Waals surface area contributed by atoms with Gasteiger partial charge in [0.15, 0.2) is 23.7 Å². The molecule has 0 N–H and O–H groups in total. The quantitative estimate of drug-likeness (QED) is 0.108. The molecule has 0 aliphatic heterocycles. The monoisotopic (exact) mass is 1670 g/mol. The van der Waals surface area contributed by atoms with Crippen molar-refractivity contribution in [3.63, 3.8) is 0 Å². The lowest BCUT2D eigenvalue weighted by Gasteiger charge is -2.28. The van der Waals surface area contributed by atoms with E-state index in [-0.39, 0.29) is 29.2 Å². The molecule has 0 spiro atoms. The van der Waals surface area contributed by atoms with E-state index >= 15 is 0 Å². The first-order chi connectivity index (χ1) is 63.8. The number of nitrogens with zero attached hydrogens (tertiary/aromatic N) is 4. The van der Waals surface area contributed by atoms with Crippen LogP contribution in [-0.4, -0.2) is 0 Å². The average molecular weight is 1670 g/mol. The van der Waals surface area contributed by atoms with Crippen molar-refractivity contribution in [2.24, 2.45) is 28.2 Å². The minimum atomic E-state index is -0.00585. The Bertz CT molecular complexity index is 7100. The van der Waals surface area contributed by atoms with Gasteiger partial charge in [0.1, 0.15) is 30.9 Å². The van der Waals surface area contributed by atoms with E-state index in [1.807, 2.05) is 59.6 Å². The van der Waals surface area contributed by atoms with E-state index in [4.69, 9.17) is 8.22 Å². The second kappa shape index (κ2) is 37.3. The minimum absolute atomic E-state index is 0.00351. The molecular weight excluding hydrogens is 1530 g/mol. The van der Waals surface area contributed by atoms with Gasteiger partial charge in [-0.1, -0.05) is 269 Å². The van der Waals surface area contributed by atoms with Gasteiger partial charge in [0.05, 0.1) is 43.7 Å². The molecule has 4 heteroatoms. The first-order valence-corrected chi connectivity index (χ1v) is 47.3. The summed E-state index contributed by atoms with van der Waals surface area (Å²) in [6.07, 6.45) is 21.6. The van der Waals surface area contributed by atoms with Crippen LogP contribution in [-0.2, 0) is 39.0 Å². The number of aromatic nitrogens is 4. The Morgan fingerprint density at radius 3 is 1.03 bits per heavy atom. The van der Waals surface area contributed by atoms with Crippen LogP contribution in [0.5, 0.6) is 0 Å². The normalized spacial score (nSPS) is 15.3. The molecule has 4 heterocycles. The van der Waals surface area contributed by atoms with E-state index in [1.54, 1.807) is 0 Å². The standard InChI is InChI=1S/C33H36N.C31H36N.C30H32N.C29H30N/c1-23-31(26-14-8-9-15-26)21-29(25-12-6-7-13-25)22-32(23)33-30-17-16-27(24-10-4-3-5-11-24)20-28(30)18-19-34(33)2;1-21-27(19-25(30(2,3)4)20-28(21)31(5,6)7)29-26-15-14-23(22-12-10-9-11-13-22)18-24(26)16-17-32(29)8;1-20-16-26(24-12-8-9-13-24)19-29(22(20)3)30-28-15-14-25(23-10-6-5-7-11-23)18-27(28)17-21(2)31(30)4;1-20-13-14-25(23-11-7-8-12-23)19-28(20)29-27-16-15-24(22-9-5-4-6-10-22)18-26(27)17-21(2)30(29)3/h3-5,10-11,16-22,25-26H,6-9,12-15H2,1-2H3;9-20H,1-8H3;5-7,10-11,14-19,24H,8-9,12-13H2,1-4H3;4-6,9-10,13-19,23H,7-8,11-12H2,1-3H3/q4*+1/i18D,19D;16D,17D;2*17D. The van der Waals surface area contributed by atoms with Gasteiger partial charge in [-0.3, -0.25) is 0 Å². The van der Waals surface area contributed by atoms with E-state index in [2.05, 4.69) is 326 Å². The maximum Gasteiger partial charge on any atom is 0.220 e. The lowest BCUT2D eigenvalue weighted by atomic mass is 9.76. The number of fused-ring (bicyclic) bond motifs is 4. The van der Waals surface area contributed by atoms with Gasteiger partial charge in [0, 0.05) is 43.6 Å². The van der Waals surface area contributed by atoms with Gasteiger partial charge in [0.25, 0.3) is 0 Å². The van der Waals surface area contributed by atoms with Crippen LogP contribution in [0.4, 0.5) is 0 Å². The van der Waals surface area contributed by atoms with Crippen LogP contribution >= 0.6 is 0 Å². The molecule has 16 aromatic rings. The Morgan fingerprint density at radius 1 is 0.283 bits per heavy atom. The first-order valence-electron chi connectivity index (χ1n) is 50.3. The number of pyridine rings is 4. The van der Waals surface area contributed by atoms with Gasteiger partial charge >= 0.3 is 0 Å². The van der Waals surface area contributed by atoms with Gasteiger partial charge in [-0.2, -0.15) is 9.13 Å². The van der Waals surface area contributed by atoms with Gasteiger partial charge in [-0.05, 0) is 321 Å². The molecule has 0 bridgehead atoms. The molecule has 20 rings (SSSR count). The number of aryl methyl sites for hydroxylation is 2. The van der Waals surface area contributed by atoms with Gasteiger partial charge in [-0.25, -0.2) is 9.13 Å². The second-order valence-corrected chi connectivity index (χ2v) is 39.5. The largest absolute Gasteiger partial charge is 0.220 e. The molecule has 0 unspecified atom stereocenters. The summed E-state index contributed by atoms with van der Waals surface area (Å²) < 4.78 is 61.3. The van der Waals surface area contributed by atoms with Crippen molar-refractivity contribution in [1.82, 2.24) is 0 Å². The van der Waals surface area contributed by atoms with Crippen LogP contribution < -0.4 is 18.3 Å². The van der Waals surface area contributed by atoms with Crippen molar-refractivity contribution in [1.29, 1.82) is 0 Å². The Hall–Kier alpha value is -11.7. The Morgan fingerprint density at radius 2 is 0.630 bits per heavy atom. The number of hydrogen-bond acceptors (Lipinski definition) is 0. The third-order valence-electron chi connectivity index (χ3n) is 29.0. The maximum absolute atomic E-state index is 8.90. The van der Waals surface area contributed by atoms with Gasteiger partial charge in [0.2, 0.25) is 22.8 Å². The highest BCUT2D eigenvalue weighted by Crippen LogP contribution is 2.47. The average Bonchev–Trinajstić information content (AvgIpc) is 1.70. The highest BCUT2D eigenvalue weighted by molar-refractivity contribution is 6.00. The summed E-state index contributed by atoms with van der Waals surface area (Å²) >= 11 is 0. The zero-order valence-corrected chi connectivity index (χ0v) is 78.6. The van der Waals surface area contributed by atoms with Crippen molar-refractivity contribution in [2.75, 3.05) is 0 Å². The Kier molecular flexibility index (Phi) is 23.5. The Balaban J connectivity index is 0.000000124. The predicted octanol–water partition coefficient (Wildman–Crippen LogP) is 31.4. The van der Waals surface area contributed by atoms with Crippen LogP contribution in [0.3, 0.4) is 0 Å². The van der Waals surface area contributed by atoms with E-state index in [0.717, 1.165) is 99.2 Å². The summed E-state index contributed by atoms with van der Waals surface area (Å²) in [5.41, 5.74) is 35.9. The molecule has 0 saturated heterocycles. The van der Waals surface area contributed by atoms with Crippen LogP contribution in [0.25, 0.3) is 133 Å². The van der Waals surface area contributed by atoms with Crippen LogP contribution in [0.1, 0.15) is 249 Å². The molecule has 127 heavy (non-hydrogen) atoms. The van der Waals surface area contributed by atoms with E-state index in [0.29, 0.717) is 41.8 Å². The lowest BCUT2D eigenvalue weighted by Crippen LogP contribution is -2.35. The highest BCUT2D eigenvalue weighted by atomic mass is 15.0. The molecule has 4 saturated carbocycles. The van der Waals surface area contributed by atoms with E-state index < -0.39 is 0 Å². The molecule has 4 nitrogen and oxygen atoms in total. The zero-order valence-electron chi connectivity index (χ0n) is 84.6. The zero-order chi connectivity index (χ0) is 93.7. The Labute approximate surface area is 767 Å². The topological polar surface area (TPSA) is 15.5 Å². The molecule has 12 aromatic carbocycles. The minimum Gasteiger partial charge on any atom is -0.200 e. The molecule has 4 fully saturated rings. The third kappa shape index (κ3) is 18.5. The van der Waals surface area contributed by atoms with Crippen LogP contribution in [0.2, 0.25) is 0 Å². The molecular formula is C123H134N4+4. The van der Waals surface area contributed by atoms with Crippen molar-refractivity contribution in [2.45, 2.75) is 227 Å². The van der Waals surface area contributed by atoms with E-state index in [9.17, 15) is 0 Å². The van der Waals surface area contributed by atoms with Crippen molar-refractivity contribution >= 4 is 43.1 Å². The second-order valence-electron chi connectivity index (χ2n) is 39.5. The van der Waals surface area contributed by atoms with E-state index in [1.165, 1.54) is 209 Å². The number of hydrogen-bond donors (Lipinski definition) is 0. The maximum atomic E-state index is 8.90. The fraction of sp³-hybridized carbons (Fsp3) is 0.317. The summed E-state index contributed by atoms with van der Waals surface area (Å²) in [5.74, 6) is 2.68. The number of rotatable bonds is 12. The van der Waals surface area contributed by atoms with Crippen LogP contribution in [0.15, 0.2) is 285 Å². The van der Waals surface area contributed by atoms with Gasteiger partial charge < -0.3 is 0 Å². The summed E-state index contributed by atoms with van der Waals surface area (Å²) in [7, 11) is 8.11. The lowest BCUT2D eigenvalue weighted by molar-refractivity contribution is -0.665. The third-order valence-corrected chi connectivity index (χ3v) is 29.0. The SMILES string of the molecule is [2H]c1c(C)[n+](C)c(-c2cc(C3CCCC3)cc(C)c2C)c2ccc(-c3ccccc3)cc12.[2H]c1c(C)[n+](C)c(-c2cc(C3CCCC3)ccc2C)c2ccc(-c3ccccc3)cc12.[2H]c1c([2H])[n+](C)c(-c2cc(C(C)(C)C)cc(C(C)(C)C)c2C)c2ccc(-c3ccccc3)cc12.[2H]c1c([2H])[n+](C)c(-c2cc(C3CCCC3)cc(C3CCCC3)c2C)c2ccc(-c3ccccc3)cc12. The fourth-order valence-corrected chi connectivity index (χ4v) is 21.3. The summed E-state index contributed by atoms with van der Waals surface area (Å²) in [6.45, 7) is 28.9. The molecule has 4 aromatic heterocycles. The molecule has 0 radical (unpaired) electrons. The summed E-state index contributed by atoms with van der Waals surface area (Å²) in [6, 6.07) is 90.9. The smallest absolute Gasteiger partial charge is 0.200 e. The molecule has 0 amide bonds.